The van der Waals surface area contributed by atoms with Crippen molar-refractivity contribution in [2.75, 3.05) is 26.2 Å². The number of aromatic nitrogens is 1. The van der Waals surface area contributed by atoms with Gasteiger partial charge in [0.05, 0.1) is 11.6 Å². The number of benzene rings is 2. The van der Waals surface area contributed by atoms with Gasteiger partial charge in [-0.15, -0.1) is 0 Å². The lowest BCUT2D eigenvalue weighted by Crippen LogP contribution is -2.48. The third-order valence-electron chi connectivity index (χ3n) is 4.54. The van der Waals surface area contributed by atoms with Gasteiger partial charge in [0, 0.05) is 30.7 Å². The van der Waals surface area contributed by atoms with Crippen LogP contribution in [0.1, 0.15) is 5.89 Å². The lowest BCUT2D eigenvalue weighted by atomic mass is 10.3. The molecule has 0 aliphatic carbocycles. The normalized spacial score (nSPS) is 16.8. The Morgan fingerprint density at radius 1 is 1.11 bits per heavy atom. The summed E-state index contributed by atoms with van der Waals surface area (Å²) in [5.41, 5.74) is 1.59. The van der Waals surface area contributed by atoms with Crippen molar-refractivity contribution in [1.82, 2.24) is 14.2 Å². The highest BCUT2D eigenvalue weighted by molar-refractivity contribution is 9.10. The molecule has 2 heterocycles. The van der Waals surface area contributed by atoms with E-state index in [1.54, 1.807) is 12.1 Å². The Morgan fingerprint density at radius 2 is 1.85 bits per heavy atom. The summed E-state index contributed by atoms with van der Waals surface area (Å²) in [6.45, 7) is 2.56. The van der Waals surface area contributed by atoms with Crippen LogP contribution in [-0.2, 0) is 16.6 Å². The van der Waals surface area contributed by atoms with Crippen molar-refractivity contribution in [3.8, 4) is 0 Å². The zero-order chi connectivity index (χ0) is 19.0. The molecule has 0 N–H and O–H groups in total. The smallest absolute Gasteiger partial charge is 0.244 e. The van der Waals surface area contributed by atoms with E-state index in [9.17, 15) is 8.42 Å². The molecule has 142 valence electrons. The zero-order valence-corrected chi connectivity index (χ0v) is 17.5. The quantitative estimate of drug-likeness (QED) is 0.581. The topological polar surface area (TPSA) is 66.7 Å². The fourth-order valence-electron chi connectivity index (χ4n) is 3.13. The van der Waals surface area contributed by atoms with Crippen LogP contribution in [0.5, 0.6) is 0 Å². The van der Waals surface area contributed by atoms with Crippen molar-refractivity contribution in [3.63, 3.8) is 0 Å². The van der Waals surface area contributed by atoms with Crippen molar-refractivity contribution in [2.45, 2.75) is 11.4 Å². The van der Waals surface area contributed by atoms with E-state index in [2.05, 4.69) is 25.8 Å². The van der Waals surface area contributed by atoms with Crippen LogP contribution < -0.4 is 0 Å². The first-order valence-electron chi connectivity index (χ1n) is 8.45. The molecule has 9 heteroatoms. The van der Waals surface area contributed by atoms with Crippen molar-refractivity contribution >= 4 is 48.7 Å². The Hall–Kier alpha value is -1.45. The molecule has 0 spiro atoms. The molecule has 0 saturated carbocycles. The molecular formula is C18H17BrClN3O3S. The third-order valence-corrected chi connectivity index (χ3v) is 7.41. The molecule has 27 heavy (non-hydrogen) atoms. The summed E-state index contributed by atoms with van der Waals surface area (Å²) in [5, 5.41) is 0.221. The number of nitrogens with zero attached hydrogens (tertiary/aromatic N) is 3. The Bertz CT molecular complexity index is 1050. The van der Waals surface area contributed by atoms with Gasteiger partial charge in [-0.05, 0) is 30.3 Å². The predicted octanol–water partition coefficient (Wildman–Crippen LogP) is 3.75. The number of rotatable bonds is 4. The molecule has 4 rings (SSSR count). The maximum absolute atomic E-state index is 12.9. The van der Waals surface area contributed by atoms with Gasteiger partial charge in [0.25, 0.3) is 0 Å². The molecule has 6 nitrogen and oxygen atoms in total. The van der Waals surface area contributed by atoms with E-state index >= 15 is 0 Å². The van der Waals surface area contributed by atoms with Gasteiger partial charge in [0.1, 0.15) is 10.4 Å². The summed E-state index contributed by atoms with van der Waals surface area (Å²) in [6.07, 6.45) is 0. The van der Waals surface area contributed by atoms with Crippen LogP contribution in [0.3, 0.4) is 0 Å². The van der Waals surface area contributed by atoms with Crippen molar-refractivity contribution in [2.24, 2.45) is 0 Å². The molecule has 1 fully saturated rings. The van der Waals surface area contributed by atoms with Gasteiger partial charge in [0.15, 0.2) is 5.58 Å². The minimum Gasteiger partial charge on any atom is -0.439 e. The number of para-hydroxylation sites is 2. The first-order valence-corrected chi connectivity index (χ1v) is 11.1. The molecule has 0 atom stereocenters. The highest BCUT2D eigenvalue weighted by atomic mass is 79.9. The number of hydrogen-bond acceptors (Lipinski definition) is 5. The van der Waals surface area contributed by atoms with Crippen LogP contribution >= 0.6 is 27.5 Å². The Labute approximate surface area is 170 Å². The number of sulfonamides is 1. The molecule has 1 aliphatic heterocycles. The standard InChI is InChI=1S/C18H17BrClN3O3S/c19-13-5-6-17(14(20)11-13)27(24,25)23-9-7-22(8-10-23)12-18-21-15-3-1-2-4-16(15)26-18/h1-6,11H,7-10,12H2. The maximum atomic E-state index is 12.9. The van der Waals surface area contributed by atoms with Crippen LogP contribution in [0.4, 0.5) is 0 Å². The predicted molar refractivity (Wildman–Crippen MR) is 107 cm³/mol. The fourth-order valence-corrected chi connectivity index (χ4v) is 5.56. The Kier molecular flexibility index (Phi) is 5.26. The van der Waals surface area contributed by atoms with E-state index < -0.39 is 10.0 Å². The average molecular weight is 471 g/mol. The second-order valence-corrected chi connectivity index (χ2v) is 9.56. The van der Waals surface area contributed by atoms with E-state index in [-0.39, 0.29) is 9.92 Å². The van der Waals surface area contributed by atoms with Crippen LogP contribution in [-0.4, -0.2) is 48.8 Å². The number of piperazine rings is 1. The average Bonchev–Trinajstić information content (AvgIpc) is 3.04. The van der Waals surface area contributed by atoms with Gasteiger partial charge in [-0.2, -0.15) is 4.31 Å². The minimum absolute atomic E-state index is 0.139. The van der Waals surface area contributed by atoms with Crippen LogP contribution in [0.25, 0.3) is 11.1 Å². The van der Waals surface area contributed by atoms with E-state index in [1.165, 1.54) is 10.4 Å². The molecule has 0 radical (unpaired) electrons. The molecule has 0 amide bonds. The minimum atomic E-state index is -3.61. The van der Waals surface area contributed by atoms with E-state index in [0.717, 1.165) is 15.6 Å². The second-order valence-electron chi connectivity index (χ2n) is 6.33. The summed E-state index contributed by atoms with van der Waals surface area (Å²) in [6, 6.07) is 12.4. The van der Waals surface area contributed by atoms with Gasteiger partial charge < -0.3 is 4.42 Å². The lowest BCUT2D eigenvalue weighted by Gasteiger charge is -2.33. The Morgan fingerprint density at radius 3 is 2.56 bits per heavy atom. The first-order chi connectivity index (χ1) is 12.9. The number of halogens is 2. The van der Waals surface area contributed by atoms with Crippen molar-refractivity contribution in [1.29, 1.82) is 0 Å². The summed E-state index contributed by atoms with van der Waals surface area (Å²) in [4.78, 5) is 6.76. The van der Waals surface area contributed by atoms with E-state index in [4.69, 9.17) is 16.0 Å². The summed E-state index contributed by atoms with van der Waals surface area (Å²) in [7, 11) is -3.61. The SMILES string of the molecule is O=S(=O)(c1ccc(Br)cc1Cl)N1CCN(Cc2nc3ccccc3o2)CC1. The molecule has 2 aromatic carbocycles. The number of oxazole rings is 1. The monoisotopic (exact) mass is 469 g/mol. The Balaban J connectivity index is 1.43. The van der Waals surface area contributed by atoms with Gasteiger partial charge in [-0.1, -0.05) is 39.7 Å². The van der Waals surface area contributed by atoms with Gasteiger partial charge in [-0.25, -0.2) is 13.4 Å². The molecule has 0 unspecified atom stereocenters. The van der Waals surface area contributed by atoms with E-state index in [0.29, 0.717) is 38.6 Å². The number of fused-ring (bicyclic) bond motifs is 1. The number of hydrogen-bond donors (Lipinski definition) is 0. The summed E-state index contributed by atoms with van der Waals surface area (Å²) >= 11 is 9.44. The van der Waals surface area contributed by atoms with Crippen LogP contribution in [0, 0.1) is 0 Å². The van der Waals surface area contributed by atoms with Gasteiger partial charge in [-0.3, -0.25) is 4.90 Å². The van der Waals surface area contributed by atoms with Gasteiger partial charge >= 0.3 is 0 Å². The second kappa shape index (κ2) is 7.52. The molecule has 1 aliphatic rings. The summed E-state index contributed by atoms with van der Waals surface area (Å²) in [5.74, 6) is 0.642. The van der Waals surface area contributed by atoms with Crippen molar-refractivity contribution < 1.29 is 12.8 Å². The third kappa shape index (κ3) is 3.90. The van der Waals surface area contributed by atoms with Crippen LogP contribution in [0.15, 0.2) is 56.2 Å². The summed E-state index contributed by atoms with van der Waals surface area (Å²) < 4.78 is 33.7. The highest BCUT2D eigenvalue weighted by Crippen LogP contribution is 2.28. The molecule has 1 saturated heterocycles. The van der Waals surface area contributed by atoms with Gasteiger partial charge in [0.2, 0.25) is 15.9 Å². The highest BCUT2D eigenvalue weighted by Gasteiger charge is 2.30. The lowest BCUT2D eigenvalue weighted by molar-refractivity contribution is 0.169. The van der Waals surface area contributed by atoms with E-state index in [1.807, 2.05) is 24.3 Å². The largest absolute Gasteiger partial charge is 0.439 e. The zero-order valence-electron chi connectivity index (χ0n) is 14.3. The van der Waals surface area contributed by atoms with Crippen molar-refractivity contribution in [3.05, 3.63) is 57.9 Å². The van der Waals surface area contributed by atoms with Crippen LogP contribution in [0.2, 0.25) is 5.02 Å². The fraction of sp³-hybridized carbons (Fsp3) is 0.278. The molecule has 0 bridgehead atoms. The maximum Gasteiger partial charge on any atom is 0.244 e. The first kappa shape index (κ1) is 18.9. The molecule has 3 aromatic rings. The molecule has 1 aromatic heterocycles. The molecular weight excluding hydrogens is 454 g/mol.